The highest BCUT2D eigenvalue weighted by Crippen LogP contribution is 2.21. The molecule has 3 heteroatoms. The van der Waals surface area contributed by atoms with E-state index in [1.807, 2.05) is 11.7 Å². The van der Waals surface area contributed by atoms with Gasteiger partial charge in [0.2, 0.25) is 0 Å². The van der Waals surface area contributed by atoms with Crippen LogP contribution in [0.3, 0.4) is 0 Å². The molecule has 0 bridgehead atoms. The highest BCUT2D eigenvalue weighted by atomic mass is 32.1. The number of benzene rings is 1. The lowest BCUT2D eigenvalue weighted by Gasteiger charge is -2.05. The fourth-order valence-corrected chi connectivity index (χ4v) is 2.62. The Morgan fingerprint density at radius 2 is 2.19 bits per heavy atom. The number of aryl methyl sites for hydroxylation is 1. The maximum atomic E-state index is 4.12. The molecule has 2 aromatic heterocycles. The zero-order valence-corrected chi connectivity index (χ0v) is 9.87. The lowest BCUT2D eigenvalue weighted by molar-refractivity contribution is 0.815. The third-order valence-electron chi connectivity index (χ3n) is 2.82. The van der Waals surface area contributed by atoms with Gasteiger partial charge in [-0.2, -0.15) is 0 Å². The molecule has 3 aromatic rings. The standard InChI is InChI=1S/C13H12N2S/c1-10-6-11-4-2-3-5-13(11)15(10)8-12-7-14-9-16-12/h2-7,9H,8H2,1H3. The van der Waals surface area contributed by atoms with Crippen molar-refractivity contribution in [3.63, 3.8) is 0 Å². The van der Waals surface area contributed by atoms with E-state index in [-0.39, 0.29) is 0 Å². The highest BCUT2D eigenvalue weighted by molar-refractivity contribution is 7.09. The Morgan fingerprint density at radius 1 is 1.31 bits per heavy atom. The topological polar surface area (TPSA) is 17.8 Å². The minimum Gasteiger partial charge on any atom is -0.340 e. The van der Waals surface area contributed by atoms with Gasteiger partial charge in [0.1, 0.15) is 0 Å². The highest BCUT2D eigenvalue weighted by Gasteiger charge is 2.05. The summed E-state index contributed by atoms with van der Waals surface area (Å²) in [7, 11) is 0. The van der Waals surface area contributed by atoms with Crippen LogP contribution in [0, 0.1) is 6.92 Å². The first-order valence-corrected chi connectivity index (χ1v) is 6.15. The molecular formula is C13H12N2S. The van der Waals surface area contributed by atoms with Crippen LogP contribution in [0.25, 0.3) is 10.9 Å². The number of rotatable bonds is 2. The first-order valence-electron chi connectivity index (χ1n) is 5.27. The van der Waals surface area contributed by atoms with Gasteiger partial charge in [-0.25, -0.2) is 0 Å². The van der Waals surface area contributed by atoms with E-state index in [0.29, 0.717) is 0 Å². The zero-order valence-electron chi connectivity index (χ0n) is 9.05. The molecule has 0 fully saturated rings. The smallest absolute Gasteiger partial charge is 0.0794 e. The van der Waals surface area contributed by atoms with Gasteiger partial charge in [0, 0.05) is 22.3 Å². The van der Waals surface area contributed by atoms with Crippen LogP contribution in [-0.2, 0) is 6.54 Å². The molecule has 0 aliphatic rings. The second kappa shape index (κ2) is 3.76. The summed E-state index contributed by atoms with van der Waals surface area (Å²) in [6.07, 6.45) is 1.94. The zero-order chi connectivity index (χ0) is 11.0. The first kappa shape index (κ1) is 9.60. The number of para-hydroxylation sites is 1. The van der Waals surface area contributed by atoms with Gasteiger partial charge in [-0.3, -0.25) is 4.98 Å². The van der Waals surface area contributed by atoms with Crippen molar-refractivity contribution in [2.45, 2.75) is 13.5 Å². The lowest BCUT2D eigenvalue weighted by atomic mass is 10.2. The number of fused-ring (bicyclic) bond motifs is 1. The summed E-state index contributed by atoms with van der Waals surface area (Å²) in [6, 6.07) is 10.7. The molecule has 2 heterocycles. The molecule has 80 valence electrons. The van der Waals surface area contributed by atoms with Crippen molar-refractivity contribution < 1.29 is 0 Å². The largest absolute Gasteiger partial charge is 0.340 e. The third kappa shape index (κ3) is 1.53. The summed E-state index contributed by atoms with van der Waals surface area (Å²) >= 11 is 1.71. The molecule has 0 aliphatic heterocycles. The third-order valence-corrected chi connectivity index (χ3v) is 3.58. The van der Waals surface area contributed by atoms with Crippen molar-refractivity contribution in [2.24, 2.45) is 0 Å². The van der Waals surface area contributed by atoms with Crippen LogP contribution in [-0.4, -0.2) is 9.55 Å². The van der Waals surface area contributed by atoms with Crippen molar-refractivity contribution in [1.29, 1.82) is 0 Å². The van der Waals surface area contributed by atoms with E-state index in [9.17, 15) is 0 Å². The van der Waals surface area contributed by atoms with Gasteiger partial charge in [0.25, 0.3) is 0 Å². The van der Waals surface area contributed by atoms with Gasteiger partial charge in [-0.1, -0.05) is 18.2 Å². The van der Waals surface area contributed by atoms with Crippen LogP contribution in [0.1, 0.15) is 10.6 Å². The summed E-state index contributed by atoms with van der Waals surface area (Å²) in [5, 5.41) is 1.31. The summed E-state index contributed by atoms with van der Waals surface area (Å²) in [5.74, 6) is 0. The van der Waals surface area contributed by atoms with Crippen LogP contribution in [0.2, 0.25) is 0 Å². The summed E-state index contributed by atoms with van der Waals surface area (Å²) in [5.41, 5.74) is 4.49. The lowest BCUT2D eigenvalue weighted by Crippen LogP contribution is -1.99. The summed E-state index contributed by atoms with van der Waals surface area (Å²) in [4.78, 5) is 5.41. The minimum atomic E-state index is 0.921. The number of aromatic nitrogens is 2. The molecule has 0 unspecified atom stereocenters. The van der Waals surface area contributed by atoms with Crippen LogP contribution >= 0.6 is 11.3 Å². The minimum absolute atomic E-state index is 0.921. The Labute approximate surface area is 98.2 Å². The fraction of sp³-hybridized carbons (Fsp3) is 0.154. The number of hydrogen-bond acceptors (Lipinski definition) is 2. The normalized spacial score (nSPS) is 11.1. The average Bonchev–Trinajstić information content (AvgIpc) is 2.89. The maximum Gasteiger partial charge on any atom is 0.0794 e. The molecule has 0 N–H and O–H groups in total. The van der Waals surface area contributed by atoms with Gasteiger partial charge < -0.3 is 4.57 Å². The molecule has 0 radical (unpaired) electrons. The average molecular weight is 228 g/mol. The first-order chi connectivity index (χ1) is 7.84. The predicted octanol–water partition coefficient (Wildman–Crippen LogP) is 3.45. The molecule has 0 atom stereocenters. The second-order valence-electron chi connectivity index (χ2n) is 3.90. The van der Waals surface area contributed by atoms with Gasteiger partial charge in [0.15, 0.2) is 0 Å². The molecule has 1 aromatic carbocycles. The monoisotopic (exact) mass is 228 g/mol. The number of thiazole rings is 1. The van der Waals surface area contributed by atoms with Crippen molar-refractivity contribution in [3.05, 3.63) is 52.6 Å². The molecule has 16 heavy (non-hydrogen) atoms. The van der Waals surface area contributed by atoms with Crippen LogP contribution in [0.15, 0.2) is 42.0 Å². The van der Waals surface area contributed by atoms with Crippen LogP contribution in [0.5, 0.6) is 0 Å². The van der Waals surface area contributed by atoms with E-state index in [0.717, 1.165) is 6.54 Å². The van der Waals surface area contributed by atoms with Crippen molar-refractivity contribution in [2.75, 3.05) is 0 Å². The Kier molecular flexibility index (Phi) is 2.26. The van der Waals surface area contributed by atoms with Gasteiger partial charge >= 0.3 is 0 Å². The Balaban J connectivity index is 2.12. The maximum absolute atomic E-state index is 4.12. The Hall–Kier alpha value is -1.61. The second-order valence-corrected chi connectivity index (χ2v) is 4.87. The molecular weight excluding hydrogens is 216 g/mol. The molecule has 2 nitrogen and oxygen atoms in total. The number of nitrogens with zero attached hydrogens (tertiary/aromatic N) is 2. The van der Waals surface area contributed by atoms with Crippen molar-refractivity contribution >= 4 is 22.2 Å². The van der Waals surface area contributed by atoms with E-state index >= 15 is 0 Å². The van der Waals surface area contributed by atoms with E-state index < -0.39 is 0 Å². The van der Waals surface area contributed by atoms with Gasteiger partial charge in [-0.15, -0.1) is 11.3 Å². The molecule has 3 rings (SSSR count). The SMILES string of the molecule is Cc1cc2ccccc2n1Cc1cncs1. The van der Waals surface area contributed by atoms with E-state index in [1.165, 1.54) is 21.5 Å². The van der Waals surface area contributed by atoms with Crippen LogP contribution < -0.4 is 0 Å². The quantitative estimate of drug-likeness (QED) is 0.657. The summed E-state index contributed by atoms with van der Waals surface area (Å²) < 4.78 is 2.34. The Morgan fingerprint density at radius 3 is 3.00 bits per heavy atom. The molecule has 0 spiro atoms. The molecule has 0 amide bonds. The van der Waals surface area contributed by atoms with Crippen molar-refractivity contribution in [3.8, 4) is 0 Å². The molecule has 0 saturated carbocycles. The number of hydrogen-bond donors (Lipinski definition) is 0. The predicted molar refractivity (Wildman–Crippen MR) is 67.9 cm³/mol. The van der Waals surface area contributed by atoms with E-state index in [1.54, 1.807) is 11.3 Å². The van der Waals surface area contributed by atoms with Crippen LogP contribution in [0.4, 0.5) is 0 Å². The van der Waals surface area contributed by atoms with Crippen molar-refractivity contribution in [1.82, 2.24) is 9.55 Å². The van der Waals surface area contributed by atoms with Gasteiger partial charge in [-0.05, 0) is 24.4 Å². The molecule has 0 saturated heterocycles. The fourth-order valence-electron chi connectivity index (χ4n) is 2.03. The van der Waals surface area contributed by atoms with Gasteiger partial charge in [0.05, 0.1) is 12.1 Å². The van der Waals surface area contributed by atoms with E-state index in [2.05, 4.69) is 46.8 Å². The van der Waals surface area contributed by atoms with E-state index in [4.69, 9.17) is 0 Å². The summed E-state index contributed by atoms with van der Waals surface area (Å²) in [6.45, 7) is 3.07. The Bertz CT molecular complexity index is 608. The molecule has 0 aliphatic carbocycles.